The van der Waals surface area contributed by atoms with Crippen molar-refractivity contribution in [2.45, 2.75) is 38.4 Å². The van der Waals surface area contributed by atoms with Crippen molar-refractivity contribution in [3.05, 3.63) is 47.8 Å². The highest BCUT2D eigenvalue weighted by Gasteiger charge is 2.34. The molecule has 2 aromatic rings. The lowest BCUT2D eigenvalue weighted by atomic mass is 9.93. The van der Waals surface area contributed by atoms with E-state index in [0.29, 0.717) is 36.0 Å². The van der Waals surface area contributed by atoms with Crippen LogP contribution in [0, 0.1) is 0 Å². The van der Waals surface area contributed by atoms with Gasteiger partial charge in [-0.2, -0.15) is 13.2 Å². The predicted molar refractivity (Wildman–Crippen MR) is 113 cm³/mol. The minimum atomic E-state index is -4.72. The third kappa shape index (κ3) is 4.49. The molecule has 0 aliphatic carbocycles. The first-order valence-electron chi connectivity index (χ1n) is 9.71. The van der Waals surface area contributed by atoms with Crippen molar-refractivity contribution in [3.8, 4) is 0 Å². The normalized spacial score (nSPS) is 14.8. The summed E-state index contributed by atoms with van der Waals surface area (Å²) in [6.45, 7) is 3.63. The van der Waals surface area contributed by atoms with Gasteiger partial charge in [0.15, 0.2) is 5.82 Å². The van der Waals surface area contributed by atoms with Crippen LogP contribution in [-0.2, 0) is 15.8 Å². The smallest absolute Gasteiger partial charge is 0.365 e. The van der Waals surface area contributed by atoms with E-state index in [-0.39, 0.29) is 17.3 Å². The maximum absolute atomic E-state index is 13.0. The molecule has 0 fully saturated rings. The highest BCUT2D eigenvalue weighted by atomic mass is 19.4. The van der Waals surface area contributed by atoms with Crippen molar-refractivity contribution in [1.82, 2.24) is 9.97 Å². The molecule has 2 heterocycles. The molecule has 7 N–H and O–H groups in total. The number of nitrogens with one attached hydrogen (secondary N) is 3. The van der Waals surface area contributed by atoms with Crippen molar-refractivity contribution in [3.63, 3.8) is 0 Å². The van der Waals surface area contributed by atoms with Crippen LogP contribution in [-0.4, -0.2) is 27.3 Å². The fourth-order valence-corrected chi connectivity index (χ4v) is 3.07. The zero-order valence-corrected chi connectivity index (χ0v) is 17.3. The van der Waals surface area contributed by atoms with Crippen molar-refractivity contribution >= 4 is 34.4 Å². The lowest BCUT2D eigenvalue weighted by molar-refractivity contribution is -0.141. The van der Waals surface area contributed by atoms with Crippen molar-refractivity contribution in [2.75, 3.05) is 16.0 Å². The number of amides is 2. The number of alkyl halides is 3. The van der Waals surface area contributed by atoms with E-state index >= 15 is 0 Å². The number of halogens is 3. The maximum atomic E-state index is 13.0. The van der Waals surface area contributed by atoms with E-state index in [1.807, 2.05) is 13.8 Å². The minimum Gasteiger partial charge on any atom is -0.365 e. The molecule has 0 bridgehead atoms. The number of nitrogens with zero attached hydrogens (tertiary/aromatic N) is 2. The average Bonchev–Trinajstić information content (AvgIpc) is 3.15. The van der Waals surface area contributed by atoms with Gasteiger partial charge in [-0.15, -0.1) is 0 Å². The summed E-state index contributed by atoms with van der Waals surface area (Å²) in [5.74, 6) is -1.84. The summed E-state index contributed by atoms with van der Waals surface area (Å²) in [7, 11) is 0. The van der Waals surface area contributed by atoms with E-state index in [1.165, 1.54) is 0 Å². The molecule has 0 saturated carbocycles. The van der Waals surface area contributed by atoms with Crippen LogP contribution in [0.2, 0.25) is 0 Å². The second-order valence-electron chi connectivity index (χ2n) is 7.21. The summed E-state index contributed by atoms with van der Waals surface area (Å²) in [6, 6.07) is 5.51. The molecular formula is C20H22F3N7O2. The second-order valence-corrected chi connectivity index (χ2v) is 7.21. The third-order valence-electron chi connectivity index (χ3n) is 5.18. The second kappa shape index (κ2) is 8.46. The van der Waals surface area contributed by atoms with E-state index in [9.17, 15) is 22.8 Å². The quantitative estimate of drug-likeness (QED) is 0.426. The first kappa shape index (κ1) is 23.0. The van der Waals surface area contributed by atoms with Gasteiger partial charge in [0.1, 0.15) is 17.1 Å². The zero-order valence-electron chi connectivity index (χ0n) is 17.3. The van der Waals surface area contributed by atoms with Gasteiger partial charge in [0, 0.05) is 11.9 Å². The van der Waals surface area contributed by atoms with Gasteiger partial charge in [0.2, 0.25) is 5.91 Å². The number of aromatic nitrogens is 2. The van der Waals surface area contributed by atoms with Crippen LogP contribution in [0.15, 0.2) is 36.3 Å². The van der Waals surface area contributed by atoms with Crippen LogP contribution in [0.1, 0.15) is 38.2 Å². The molecule has 170 valence electrons. The van der Waals surface area contributed by atoms with Crippen LogP contribution in [0.3, 0.4) is 0 Å². The van der Waals surface area contributed by atoms with Gasteiger partial charge in [-0.3, -0.25) is 9.59 Å². The molecule has 1 aliphatic rings. The van der Waals surface area contributed by atoms with Crippen LogP contribution >= 0.6 is 0 Å². The molecule has 3 rings (SSSR count). The fourth-order valence-electron chi connectivity index (χ4n) is 3.07. The lowest BCUT2D eigenvalue weighted by Crippen LogP contribution is -2.50. The summed E-state index contributed by atoms with van der Waals surface area (Å²) in [4.78, 5) is 31.7. The molecule has 0 saturated heterocycles. The Hall–Kier alpha value is -3.67. The lowest BCUT2D eigenvalue weighted by Gasteiger charge is -2.25. The molecule has 9 nitrogen and oxygen atoms in total. The Morgan fingerprint density at radius 1 is 1.09 bits per heavy atom. The molecule has 0 unspecified atom stereocenters. The van der Waals surface area contributed by atoms with Gasteiger partial charge in [-0.25, -0.2) is 9.97 Å². The number of nitrogens with two attached hydrogens (primary N) is 2. The molecule has 32 heavy (non-hydrogen) atoms. The minimum absolute atomic E-state index is 0.0191. The van der Waals surface area contributed by atoms with Gasteiger partial charge >= 0.3 is 6.18 Å². The van der Waals surface area contributed by atoms with Gasteiger partial charge in [-0.05, 0) is 37.1 Å². The summed E-state index contributed by atoms with van der Waals surface area (Å²) in [5, 5.41) is 8.50. The average molecular weight is 449 g/mol. The number of hydrogen-bond donors (Lipinski definition) is 5. The monoisotopic (exact) mass is 449 g/mol. The van der Waals surface area contributed by atoms with Crippen molar-refractivity contribution in [2.24, 2.45) is 11.5 Å². The molecule has 1 aromatic carbocycles. The van der Waals surface area contributed by atoms with E-state index < -0.39 is 29.1 Å². The number of carbonyl (C=O) groups excluding carboxylic acids is 2. The number of hydrogen-bond acceptors (Lipinski definition) is 7. The molecule has 0 radical (unpaired) electrons. The maximum Gasteiger partial charge on any atom is 0.433 e. The van der Waals surface area contributed by atoms with Gasteiger partial charge < -0.3 is 27.4 Å². The van der Waals surface area contributed by atoms with E-state index in [4.69, 9.17) is 11.5 Å². The molecule has 12 heteroatoms. The molecule has 1 aromatic heterocycles. The Balaban J connectivity index is 1.92. The molecule has 0 spiro atoms. The number of anilines is 3. The molecule has 2 amide bonds. The molecular weight excluding hydrogens is 427 g/mol. The highest BCUT2D eigenvalue weighted by molar-refractivity contribution is 6.20. The number of rotatable bonds is 6. The number of carbonyl (C=O) groups is 2. The number of benzene rings is 1. The van der Waals surface area contributed by atoms with E-state index in [2.05, 4.69) is 25.9 Å². The van der Waals surface area contributed by atoms with E-state index in [1.54, 1.807) is 18.2 Å². The topological polar surface area (TPSA) is 148 Å². The SMILES string of the molecule is CCC(N)(CC)C(=O)Nc1ccc2c(c1)NC(=C(C(N)=O)c1nccc(C(F)(F)F)n1)N2. The number of fused-ring (bicyclic) bond motifs is 1. The van der Waals surface area contributed by atoms with Crippen molar-refractivity contribution in [1.29, 1.82) is 0 Å². The van der Waals surface area contributed by atoms with E-state index in [0.717, 1.165) is 6.20 Å². The number of primary amides is 1. The molecule has 0 atom stereocenters. The summed E-state index contributed by atoms with van der Waals surface area (Å²) >= 11 is 0. The summed E-state index contributed by atoms with van der Waals surface area (Å²) in [6.07, 6.45) is -2.92. The standard InChI is InChI=1S/C20H22F3N7O2/c1-3-19(25,4-2)18(32)27-10-5-6-11-12(9-10)29-17(28-11)14(15(24)31)16-26-8-7-13(30-16)20(21,22)23/h5-9,28-29H,3-4,25H2,1-2H3,(H2,24,31)(H,27,32). The summed E-state index contributed by atoms with van der Waals surface area (Å²) < 4.78 is 39.0. The highest BCUT2D eigenvalue weighted by Crippen LogP contribution is 2.36. The summed E-state index contributed by atoms with van der Waals surface area (Å²) in [5.41, 5.74) is 10.3. The van der Waals surface area contributed by atoms with Crippen LogP contribution in [0.25, 0.3) is 5.57 Å². The van der Waals surface area contributed by atoms with Gasteiger partial charge in [0.25, 0.3) is 5.91 Å². The largest absolute Gasteiger partial charge is 0.433 e. The van der Waals surface area contributed by atoms with Crippen LogP contribution in [0.4, 0.5) is 30.2 Å². The first-order chi connectivity index (χ1) is 15.0. The first-order valence-corrected chi connectivity index (χ1v) is 9.71. The predicted octanol–water partition coefficient (Wildman–Crippen LogP) is 2.64. The third-order valence-corrected chi connectivity index (χ3v) is 5.18. The van der Waals surface area contributed by atoms with Gasteiger partial charge in [0.05, 0.1) is 16.9 Å². The zero-order chi connectivity index (χ0) is 23.7. The van der Waals surface area contributed by atoms with Gasteiger partial charge in [-0.1, -0.05) is 13.8 Å². The van der Waals surface area contributed by atoms with Crippen molar-refractivity contribution < 1.29 is 22.8 Å². The fraction of sp³-hybridized carbons (Fsp3) is 0.300. The Bertz CT molecular complexity index is 1090. The van der Waals surface area contributed by atoms with Crippen LogP contribution in [0.5, 0.6) is 0 Å². The Kier molecular flexibility index (Phi) is 6.08. The molecule has 1 aliphatic heterocycles. The Labute approximate surface area is 181 Å². The Morgan fingerprint density at radius 3 is 2.34 bits per heavy atom. The van der Waals surface area contributed by atoms with Crippen LogP contribution < -0.4 is 27.4 Å². The Morgan fingerprint density at radius 2 is 1.75 bits per heavy atom.